The molecule has 0 spiro atoms. The predicted octanol–water partition coefficient (Wildman–Crippen LogP) is 5.53. The maximum absolute atomic E-state index is 13.0. The molecular weight excluding hydrogens is 374 g/mol. The minimum atomic E-state index is -0.570. The lowest BCUT2D eigenvalue weighted by atomic mass is 9.88. The van der Waals surface area contributed by atoms with Crippen molar-refractivity contribution in [2.45, 2.75) is 65.2 Å². The number of nitrogens with one attached hydrogen (secondary N) is 1. The van der Waals surface area contributed by atoms with Crippen LogP contribution in [0.25, 0.3) is 0 Å². The molecule has 0 radical (unpaired) electrons. The lowest BCUT2D eigenvalue weighted by molar-refractivity contribution is -0.129. The molecule has 0 aliphatic carbocycles. The van der Waals surface area contributed by atoms with Crippen molar-refractivity contribution in [1.82, 2.24) is 5.32 Å². The fourth-order valence-corrected chi connectivity index (χ4v) is 3.66. The summed E-state index contributed by atoms with van der Waals surface area (Å²) >= 11 is 6.08. The van der Waals surface area contributed by atoms with Crippen LogP contribution in [0.2, 0.25) is 5.02 Å². The van der Waals surface area contributed by atoms with Gasteiger partial charge in [0.15, 0.2) is 6.10 Å². The van der Waals surface area contributed by atoms with Gasteiger partial charge in [-0.15, -0.1) is 0 Å². The third kappa shape index (κ3) is 4.61. The molecule has 0 unspecified atom stereocenters. The smallest absolute Gasteiger partial charge is 0.261 e. The van der Waals surface area contributed by atoms with Crippen molar-refractivity contribution in [1.29, 1.82) is 0 Å². The Bertz CT molecular complexity index is 878. The number of ether oxygens (including phenoxy) is 2. The van der Waals surface area contributed by atoms with E-state index in [9.17, 15) is 4.79 Å². The van der Waals surface area contributed by atoms with Gasteiger partial charge in [0.2, 0.25) is 0 Å². The van der Waals surface area contributed by atoms with E-state index in [-0.39, 0.29) is 17.6 Å². The van der Waals surface area contributed by atoms with Crippen molar-refractivity contribution in [3.8, 4) is 11.5 Å². The van der Waals surface area contributed by atoms with Crippen LogP contribution < -0.4 is 14.8 Å². The number of benzene rings is 2. The van der Waals surface area contributed by atoms with E-state index in [1.807, 2.05) is 52.8 Å². The molecule has 28 heavy (non-hydrogen) atoms. The summed E-state index contributed by atoms with van der Waals surface area (Å²) in [5.41, 5.74) is 2.73. The highest BCUT2D eigenvalue weighted by Crippen LogP contribution is 2.40. The van der Waals surface area contributed by atoms with Gasteiger partial charge in [-0.05, 0) is 63.9 Å². The topological polar surface area (TPSA) is 47.6 Å². The van der Waals surface area contributed by atoms with Gasteiger partial charge in [0.05, 0.1) is 6.04 Å². The first-order chi connectivity index (χ1) is 13.2. The van der Waals surface area contributed by atoms with E-state index in [4.69, 9.17) is 21.1 Å². The average Bonchev–Trinajstić information content (AvgIpc) is 2.62. The minimum absolute atomic E-state index is 0.115. The predicted molar refractivity (Wildman–Crippen MR) is 112 cm³/mol. The van der Waals surface area contributed by atoms with Gasteiger partial charge >= 0.3 is 0 Å². The van der Waals surface area contributed by atoms with Crippen LogP contribution in [0.5, 0.6) is 11.5 Å². The van der Waals surface area contributed by atoms with Crippen molar-refractivity contribution in [2.75, 3.05) is 0 Å². The minimum Gasteiger partial charge on any atom is -0.487 e. The molecule has 1 aliphatic rings. The summed E-state index contributed by atoms with van der Waals surface area (Å²) in [5.74, 6) is 1.35. The summed E-state index contributed by atoms with van der Waals surface area (Å²) < 4.78 is 12.1. The molecule has 2 atom stereocenters. The number of amides is 1. The van der Waals surface area contributed by atoms with Crippen LogP contribution in [0.1, 0.15) is 56.3 Å². The zero-order valence-electron chi connectivity index (χ0n) is 17.1. The van der Waals surface area contributed by atoms with Crippen molar-refractivity contribution >= 4 is 17.5 Å². The molecule has 2 aromatic rings. The first kappa shape index (κ1) is 20.5. The fourth-order valence-electron chi connectivity index (χ4n) is 3.54. The highest BCUT2D eigenvalue weighted by molar-refractivity contribution is 6.31. The molecule has 1 amide bonds. The molecule has 2 aromatic carbocycles. The number of carbonyl (C=O) groups excluding carboxylic acids is 1. The van der Waals surface area contributed by atoms with Crippen LogP contribution in [-0.2, 0) is 4.79 Å². The molecule has 3 rings (SSSR count). The van der Waals surface area contributed by atoms with Crippen molar-refractivity contribution in [3.63, 3.8) is 0 Å². The van der Waals surface area contributed by atoms with Gasteiger partial charge in [-0.1, -0.05) is 36.2 Å². The number of halogens is 1. The van der Waals surface area contributed by atoms with E-state index in [1.54, 1.807) is 12.1 Å². The summed E-state index contributed by atoms with van der Waals surface area (Å²) in [7, 11) is 0. The van der Waals surface area contributed by atoms with Crippen LogP contribution in [0.3, 0.4) is 0 Å². The number of aryl methyl sites for hydroxylation is 2. The third-order valence-corrected chi connectivity index (χ3v) is 5.43. The van der Waals surface area contributed by atoms with E-state index in [2.05, 4.69) is 11.4 Å². The molecule has 4 nitrogen and oxygen atoms in total. The summed E-state index contributed by atoms with van der Waals surface area (Å²) in [6.45, 7) is 9.98. The Balaban J connectivity index is 1.78. The van der Waals surface area contributed by atoms with Crippen molar-refractivity contribution < 1.29 is 14.3 Å². The van der Waals surface area contributed by atoms with E-state index >= 15 is 0 Å². The molecular formula is C23H28ClNO3. The number of carbonyl (C=O) groups is 1. The number of rotatable bonds is 5. The second kappa shape index (κ2) is 8.04. The molecule has 150 valence electrons. The summed E-state index contributed by atoms with van der Waals surface area (Å²) in [4.78, 5) is 13.0. The third-order valence-electron chi connectivity index (χ3n) is 5.01. The van der Waals surface area contributed by atoms with Crippen molar-refractivity contribution in [2.24, 2.45) is 0 Å². The highest BCUT2D eigenvalue weighted by atomic mass is 35.5. The Morgan fingerprint density at radius 1 is 1.29 bits per heavy atom. The van der Waals surface area contributed by atoms with Gasteiger partial charge in [0, 0.05) is 17.0 Å². The molecule has 0 aromatic heterocycles. The molecule has 0 fully saturated rings. The van der Waals surface area contributed by atoms with Crippen LogP contribution in [-0.4, -0.2) is 17.6 Å². The van der Waals surface area contributed by atoms with E-state index < -0.39 is 6.10 Å². The Kier molecular flexibility index (Phi) is 5.90. The van der Waals surface area contributed by atoms with E-state index in [0.29, 0.717) is 23.6 Å². The van der Waals surface area contributed by atoms with E-state index in [0.717, 1.165) is 22.4 Å². The number of hydrogen-bond acceptors (Lipinski definition) is 3. The Labute approximate surface area is 172 Å². The maximum atomic E-state index is 13.0. The molecule has 1 heterocycles. The van der Waals surface area contributed by atoms with Crippen LogP contribution in [0.4, 0.5) is 0 Å². The van der Waals surface area contributed by atoms with Gasteiger partial charge in [-0.25, -0.2) is 0 Å². The molecule has 0 saturated carbocycles. The Morgan fingerprint density at radius 2 is 2.04 bits per heavy atom. The van der Waals surface area contributed by atoms with Gasteiger partial charge in [0.25, 0.3) is 5.91 Å². The van der Waals surface area contributed by atoms with Gasteiger partial charge in [-0.3, -0.25) is 4.79 Å². The zero-order valence-corrected chi connectivity index (χ0v) is 17.9. The average molecular weight is 402 g/mol. The van der Waals surface area contributed by atoms with Crippen LogP contribution in [0, 0.1) is 13.8 Å². The SMILES string of the molecule is CC[C@H](Oc1ccc(Cl)c(C)c1)C(=O)N[C@H]1CC(C)(C)Oc2ccc(C)cc21. The molecule has 0 saturated heterocycles. The molecule has 1 N–H and O–H groups in total. The Hall–Kier alpha value is -2.20. The quantitative estimate of drug-likeness (QED) is 0.716. The summed E-state index contributed by atoms with van der Waals surface area (Å²) in [6, 6.07) is 11.4. The van der Waals surface area contributed by atoms with Gasteiger partial charge < -0.3 is 14.8 Å². The Morgan fingerprint density at radius 3 is 2.71 bits per heavy atom. The maximum Gasteiger partial charge on any atom is 0.261 e. The summed E-state index contributed by atoms with van der Waals surface area (Å²) in [5, 5.41) is 3.87. The molecule has 5 heteroatoms. The first-order valence-corrected chi connectivity index (χ1v) is 10.1. The first-order valence-electron chi connectivity index (χ1n) is 9.71. The second-order valence-corrected chi connectivity index (χ2v) is 8.50. The van der Waals surface area contributed by atoms with Gasteiger partial charge in [-0.2, -0.15) is 0 Å². The molecule has 0 bridgehead atoms. The van der Waals surface area contributed by atoms with Crippen LogP contribution in [0.15, 0.2) is 36.4 Å². The fraction of sp³-hybridized carbons (Fsp3) is 0.435. The largest absolute Gasteiger partial charge is 0.487 e. The lowest BCUT2D eigenvalue weighted by Gasteiger charge is -2.38. The van der Waals surface area contributed by atoms with Gasteiger partial charge in [0.1, 0.15) is 17.1 Å². The normalized spacial score (nSPS) is 18.6. The zero-order chi connectivity index (χ0) is 20.5. The van der Waals surface area contributed by atoms with E-state index in [1.165, 1.54) is 0 Å². The second-order valence-electron chi connectivity index (χ2n) is 8.09. The molecule has 1 aliphatic heterocycles. The highest BCUT2D eigenvalue weighted by Gasteiger charge is 2.35. The summed E-state index contributed by atoms with van der Waals surface area (Å²) in [6.07, 6.45) is 0.701. The lowest BCUT2D eigenvalue weighted by Crippen LogP contribution is -2.45. The number of hydrogen-bond donors (Lipinski definition) is 1. The monoisotopic (exact) mass is 401 g/mol. The standard InChI is InChI=1S/C23H28ClNO3/c1-6-20(27-16-8-9-18(24)15(3)12-16)22(26)25-19-13-23(4,5)28-21-10-7-14(2)11-17(19)21/h7-12,19-20H,6,13H2,1-5H3,(H,25,26)/t19-,20-/m0/s1. The van der Waals surface area contributed by atoms with Crippen LogP contribution >= 0.6 is 11.6 Å². The number of fused-ring (bicyclic) bond motifs is 1. The van der Waals surface area contributed by atoms with Crippen molar-refractivity contribution in [3.05, 3.63) is 58.1 Å².